The highest BCUT2D eigenvalue weighted by molar-refractivity contribution is 5.91. The Labute approximate surface area is 182 Å². The second-order valence-electron chi connectivity index (χ2n) is 7.75. The Balaban J connectivity index is 1.19. The van der Waals surface area contributed by atoms with Crippen LogP contribution in [0.15, 0.2) is 54.6 Å². The maximum Gasteiger partial charge on any atom is 0.338 e. The number of piperazine rings is 1. The van der Waals surface area contributed by atoms with Crippen LogP contribution in [0.25, 0.3) is 0 Å². The van der Waals surface area contributed by atoms with E-state index >= 15 is 0 Å². The molecule has 1 atom stereocenters. The minimum absolute atomic E-state index is 0.144. The number of hydrogen-bond donors (Lipinski definition) is 0. The average Bonchev–Trinajstić information content (AvgIpc) is 3.36. The summed E-state index contributed by atoms with van der Waals surface area (Å²) in [5, 5.41) is 0. The number of hydrogen-bond acceptors (Lipinski definition) is 6. The van der Waals surface area contributed by atoms with Gasteiger partial charge in [0.05, 0.1) is 11.7 Å². The van der Waals surface area contributed by atoms with Gasteiger partial charge in [-0.2, -0.15) is 0 Å². The molecule has 7 nitrogen and oxygen atoms in total. The minimum Gasteiger partial charge on any atom is -0.491 e. The number of amides is 1. The van der Waals surface area contributed by atoms with Gasteiger partial charge in [0.2, 0.25) is 0 Å². The molecule has 0 aliphatic carbocycles. The second-order valence-corrected chi connectivity index (χ2v) is 7.75. The number of carbonyl (C=O) groups excluding carboxylic acids is 2. The Morgan fingerprint density at radius 2 is 1.71 bits per heavy atom. The van der Waals surface area contributed by atoms with Crippen LogP contribution < -0.4 is 9.64 Å². The van der Waals surface area contributed by atoms with E-state index in [1.54, 1.807) is 29.2 Å². The van der Waals surface area contributed by atoms with E-state index in [4.69, 9.17) is 14.2 Å². The van der Waals surface area contributed by atoms with E-state index in [2.05, 4.69) is 17.0 Å². The summed E-state index contributed by atoms with van der Waals surface area (Å²) >= 11 is 0. The molecule has 2 aliphatic heterocycles. The van der Waals surface area contributed by atoms with Crippen LogP contribution in [0.4, 0.5) is 5.69 Å². The Morgan fingerprint density at radius 3 is 2.39 bits per heavy atom. The molecular formula is C24H28N2O5. The molecule has 2 aromatic carbocycles. The van der Waals surface area contributed by atoms with Gasteiger partial charge in [-0.05, 0) is 49.2 Å². The summed E-state index contributed by atoms with van der Waals surface area (Å²) in [4.78, 5) is 28.7. The smallest absolute Gasteiger partial charge is 0.338 e. The summed E-state index contributed by atoms with van der Waals surface area (Å²) in [6, 6.07) is 16.9. The molecule has 2 fully saturated rings. The van der Waals surface area contributed by atoms with Crippen LogP contribution in [0.3, 0.4) is 0 Å². The van der Waals surface area contributed by atoms with Gasteiger partial charge in [-0.3, -0.25) is 4.79 Å². The maximum atomic E-state index is 12.4. The predicted molar refractivity (Wildman–Crippen MR) is 116 cm³/mol. The fourth-order valence-corrected chi connectivity index (χ4v) is 3.81. The molecule has 1 unspecified atom stereocenters. The number of benzene rings is 2. The lowest BCUT2D eigenvalue weighted by atomic mass is 10.2. The standard InChI is InChI=1S/C24H28N2O5/c27-23(26-14-12-25(13-15-26)20-5-2-1-3-6-20)18-31-24(28)19-8-10-21(11-9-19)30-17-22-7-4-16-29-22/h1-3,5-6,8-11,22H,4,7,12-18H2. The van der Waals surface area contributed by atoms with Crippen molar-refractivity contribution in [3.8, 4) is 5.75 Å². The van der Waals surface area contributed by atoms with Crippen molar-refractivity contribution in [2.75, 3.05) is 50.9 Å². The van der Waals surface area contributed by atoms with E-state index in [0.717, 1.165) is 38.2 Å². The van der Waals surface area contributed by atoms with E-state index in [0.29, 0.717) is 31.0 Å². The number of rotatable bonds is 7. The summed E-state index contributed by atoms with van der Waals surface area (Å²) in [5.74, 6) is -0.000982. The molecule has 31 heavy (non-hydrogen) atoms. The lowest BCUT2D eigenvalue weighted by Gasteiger charge is -2.36. The molecule has 4 rings (SSSR count). The lowest BCUT2D eigenvalue weighted by Crippen LogP contribution is -2.49. The van der Waals surface area contributed by atoms with Crippen molar-refractivity contribution in [1.29, 1.82) is 0 Å². The van der Waals surface area contributed by atoms with Gasteiger partial charge in [-0.1, -0.05) is 18.2 Å². The van der Waals surface area contributed by atoms with Crippen molar-refractivity contribution in [3.05, 3.63) is 60.2 Å². The molecule has 0 radical (unpaired) electrons. The number of esters is 1. The first-order valence-corrected chi connectivity index (χ1v) is 10.8. The molecule has 0 saturated carbocycles. The fraction of sp³-hybridized carbons (Fsp3) is 0.417. The molecule has 7 heteroatoms. The molecule has 0 N–H and O–H groups in total. The van der Waals surface area contributed by atoms with Gasteiger partial charge in [0.15, 0.2) is 6.61 Å². The van der Waals surface area contributed by atoms with Crippen molar-refractivity contribution in [2.24, 2.45) is 0 Å². The van der Waals surface area contributed by atoms with E-state index < -0.39 is 5.97 Å². The van der Waals surface area contributed by atoms with Crippen LogP contribution in [0.2, 0.25) is 0 Å². The fourth-order valence-electron chi connectivity index (χ4n) is 3.81. The van der Waals surface area contributed by atoms with Crippen molar-refractivity contribution in [2.45, 2.75) is 18.9 Å². The number of carbonyl (C=O) groups is 2. The molecule has 2 heterocycles. The van der Waals surface area contributed by atoms with Crippen LogP contribution in [-0.4, -0.2) is 68.9 Å². The van der Waals surface area contributed by atoms with Gasteiger partial charge in [0.25, 0.3) is 5.91 Å². The van der Waals surface area contributed by atoms with Crippen molar-refractivity contribution in [1.82, 2.24) is 4.90 Å². The van der Waals surface area contributed by atoms with Crippen molar-refractivity contribution >= 4 is 17.6 Å². The zero-order chi connectivity index (χ0) is 21.5. The highest BCUT2D eigenvalue weighted by atomic mass is 16.5. The zero-order valence-corrected chi connectivity index (χ0v) is 17.6. The summed E-state index contributed by atoms with van der Waals surface area (Å²) in [6.07, 6.45) is 2.23. The third-order valence-electron chi connectivity index (χ3n) is 5.63. The number of ether oxygens (including phenoxy) is 3. The number of para-hydroxylation sites is 1. The Hall–Kier alpha value is -3.06. The number of anilines is 1. The van der Waals surface area contributed by atoms with Gasteiger partial charge in [0, 0.05) is 38.5 Å². The van der Waals surface area contributed by atoms with Crippen LogP contribution in [0.1, 0.15) is 23.2 Å². The third-order valence-corrected chi connectivity index (χ3v) is 5.63. The van der Waals surface area contributed by atoms with E-state index in [-0.39, 0.29) is 18.6 Å². The van der Waals surface area contributed by atoms with Crippen LogP contribution in [-0.2, 0) is 14.3 Å². The summed E-state index contributed by atoms with van der Waals surface area (Å²) in [5.41, 5.74) is 1.55. The second kappa shape index (κ2) is 10.3. The summed E-state index contributed by atoms with van der Waals surface area (Å²) < 4.78 is 16.5. The molecule has 0 aromatic heterocycles. The predicted octanol–water partition coefficient (Wildman–Crippen LogP) is 2.75. The van der Waals surface area contributed by atoms with Gasteiger partial charge >= 0.3 is 5.97 Å². The lowest BCUT2D eigenvalue weighted by molar-refractivity contribution is -0.134. The molecule has 2 saturated heterocycles. The van der Waals surface area contributed by atoms with E-state index in [1.165, 1.54) is 0 Å². The van der Waals surface area contributed by atoms with Gasteiger partial charge in [0.1, 0.15) is 12.4 Å². The summed E-state index contributed by atoms with van der Waals surface area (Å²) in [6.45, 7) is 3.80. The molecule has 164 valence electrons. The van der Waals surface area contributed by atoms with Crippen molar-refractivity contribution < 1.29 is 23.8 Å². The Morgan fingerprint density at radius 1 is 0.968 bits per heavy atom. The molecule has 0 spiro atoms. The largest absolute Gasteiger partial charge is 0.491 e. The normalized spacial score (nSPS) is 18.6. The Kier molecular flexibility index (Phi) is 7.04. The average molecular weight is 424 g/mol. The zero-order valence-electron chi connectivity index (χ0n) is 17.6. The Bertz CT molecular complexity index is 857. The molecule has 2 aliphatic rings. The monoisotopic (exact) mass is 424 g/mol. The maximum absolute atomic E-state index is 12.4. The highest BCUT2D eigenvalue weighted by Gasteiger charge is 2.22. The SMILES string of the molecule is O=C(OCC(=O)N1CCN(c2ccccc2)CC1)c1ccc(OCC2CCCO2)cc1. The van der Waals surface area contributed by atoms with Crippen LogP contribution in [0.5, 0.6) is 5.75 Å². The van der Waals surface area contributed by atoms with Gasteiger partial charge in [-0.15, -0.1) is 0 Å². The molecule has 1 amide bonds. The minimum atomic E-state index is -0.512. The molecule has 2 aromatic rings. The number of nitrogens with zero attached hydrogens (tertiary/aromatic N) is 2. The summed E-state index contributed by atoms with van der Waals surface area (Å²) in [7, 11) is 0. The van der Waals surface area contributed by atoms with E-state index in [1.807, 2.05) is 18.2 Å². The van der Waals surface area contributed by atoms with Crippen molar-refractivity contribution in [3.63, 3.8) is 0 Å². The third kappa shape index (κ3) is 5.76. The molecular weight excluding hydrogens is 396 g/mol. The topological polar surface area (TPSA) is 68.3 Å². The highest BCUT2D eigenvalue weighted by Crippen LogP contribution is 2.18. The first-order chi connectivity index (χ1) is 15.2. The van der Waals surface area contributed by atoms with E-state index in [9.17, 15) is 9.59 Å². The van der Waals surface area contributed by atoms with Crippen LogP contribution in [0, 0.1) is 0 Å². The first-order valence-electron chi connectivity index (χ1n) is 10.8. The first kappa shape index (κ1) is 21.2. The molecule has 0 bridgehead atoms. The quantitative estimate of drug-likeness (QED) is 0.637. The van der Waals surface area contributed by atoms with Gasteiger partial charge in [-0.25, -0.2) is 4.79 Å². The van der Waals surface area contributed by atoms with Gasteiger partial charge < -0.3 is 24.0 Å². The van der Waals surface area contributed by atoms with Crippen LogP contribution >= 0.6 is 0 Å².